The first-order valence-corrected chi connectivity index (χ1v) is 5.49. The summed E-state index contributed by atoms with van der Waals surface area (Å²) in [6.07, 6.45) is 9.26. The van der Waals surface area contributed by atoms with Gasteiger partial charge in [-0.05, 0) is 31.6 Å². The fraction of sp³-hybridized carbons (Fsp3) is 0.727. The molecule has 1 aliphatic rings. The van der Waals surface area contributed by atoms with Gasteiger partial charge >= 0.3 is 0 Å². The molecule has 3 heteroatoms. The highest BCUT2D eigenvalue weighted by Gasteiger charge is 2.17. The first-order valence-electron chi connectivity index (χ1n) is 5.49. The van der Waals surface area contributed by atoms with Crippen LogP contribution in [0.5, 0.6) is 0 Å². The molecule has 1 saturated carbocycles. The zero-order valence-corrected chi connectivity index (χ0v) is 9.03. The van der Waals surface area contributed by atoms with Crippen LogP contribution in [-0.4, -0.2) is 15.8 Å². The van der Waals surface area contributed by atoms with Crippen LogP contribution in [0.4, 0.5) is 5.69 Å². The maximum Gasteiger partial charge on any atom is 0.0728 e. The summed E-state index contributed by atoms with van der Waals surface area (Å²) in [4.78, 5) is 0. The lowest BCUT2D eigenvalue weighted by Crippen LogP contribution is -2.24. The molecule has 0 amide bonds. The predicted octanol–water partition coefficient (Wildman–Crippen LogP) is 2.41. The molecule has 2 rings (SSSR count). The van der Waals surface area contributed by atoms with E-state index in [4.69, 9.17) is 0 Å². The molecule has 1 fully saturated rings. The average Bonchev–Trinajstić information content (AvgIpc) is 2.56. The molecule has 0 unspecified atom stereocenters. The Balaban J connectivity index is 1.86. The van der Waals surface area contributed by atoms with Crippen LogP contribution in [0.1, 0.15) is 32.6 Å². The largest absolute Gasteiger partial charge is 0.380 e. The van der Waals surface area contributed by atoms with E-state index in [0.29, 0.717) is 6.04 Å². The molecule has 1 N–H and O–H groups in total. The van der Waals surface area contributed by atoms with Crippen molar-refractivity contribution >= 4 is 5.69 Å². The van der Waals surface area contributed by atoms with Gasteiger partial charge < -0.3 is 5.32 Å². The van der Waals surface area contributed by atoms with E-state index in [2.05, 4.69) is 17.3 Å². The van der Waals surface area contributed by atoms with Gasteiger partial charge in [-0.1, -0.05) is 6.92 Å². The minimum Gasteiger partial charge on any atom is -0.380 e. The van der Waals surface area contributed by atoms with E-state index in [1.807, 2.05) is 24.1 Å². The van der Waals surface area contributed by atoms with Gasteiger partial charge in [0.2, 0.25) is 0 Å². The van der Waals surface area contributed by atoms with Crippen LogP contribution >= 0.6 is 0 Å². The Kier molecular flexibility index (Phi) is 2.75. The summed E-state index contributed by atoms with van der Waals surface area (Å²) >= 11 is 0. The quantitative estimate of drug-likeness (QED) is 0.781. The van der Waals surface area contributed by atoms with E-state index in [9.17, 15) is 0 Å². The lowest BCUT2D eigenvalue weighted by molar-refractivity contribution is 0.361. The summed E-state index contributed by atoms with van der Waals surface area (Å²) < 4.78 is 1.84. The van der Waals surface area contributed by atoms with Gasteiger partial charge in [-0.15, -0.1) is 0 Å². The Hall–Kier alpha value is -0.990. The molecule has 1 aliphatic carbocycles. The highest BCUT2D eigenvalue weighted by atomic mass is 15.3. The number of rotatable bonds is 2. The number of anilines is 1. The lowest BCUT2D eigenvalue weighted by atomic mass is 9.87. The number of hydrogen-bond acceptors (Lipinski definition) is 2. The minimum atomic E-state index is 0.662. The third-order valence-corrected chi connectivity index (χ3v) is 3.09. The molecule has 0 atom stereocenters. The van der Waals surface area contributed by atoms with E-state index in [1.54, 1.807) is 0 Å². The first-order chi connectivity index (χ1) is 6.74. The number of nitrogens with zero attached hydrogens (tertiary/aromatic N) is 2. The standard InChI is InChI=1S/C11H19N3/c1-9-3-5-10(6-4-9)13-11-7-12-14(2)8-11/h7-10,13H,3-6H2,1-2H3. The van der Waals surface area contributed by atoms with Gasteiger partial charge in [-0.25, -0.2) is 0 Å². The summed E-state index contributed by atoms with van der Waals surface area (Å²) in [5, 5.41) is 7.69. The van der Waals surface area contributed by atoms with Gasteiger partial charge in [0.25, 0.3) is 0 Å². The minimum absolute atomic E-state index is 0.662. The van der Waals surface area contributed by atoms with Gasteiger partial charge in [0.15, 0.2) is 0 Å². The number of nitrogens with one attached hydrogen (secondary N) is 1. The van der Waals surface area contributed by atoms with Crippen LogP contribution in [0, 0.1) is 5.92 Å². The fourth-order valence-corrected chi connectivity index (χ4v) is 2.14. The van der Waals surface area contributed by atoms with E-state index >= 15 is 0 Å². The topological polar surface area (TPSA) is 29.9 Å². The Morgan fingerprint density at radius 1 is 1.36 bits per heavy atom. The van der Waals surface area contributed by atoms with Crippen molar-refractivity contribution in [1.29, 1.82) is 0 Å². The summed E-state index contributed by atoms with van der Waals surface area (Å²) in [5.41, 5.74) is 1.16. The lowest BCUT2D eigenvalue weighted by Gasteiger charge is -2.27. The van der Waals surface area contributed by atoms with Crippen LogP contribution < -0.4 is 5.32 Å². The van der Waals surface area contributed by atoms with E-state index in [1.165, 1.54) is 25.7 Å². The molecule has 0 bridgehead atoms. The number of aromatic nitrogens is 2. The third kappa shape index (κ3) is 2.28. The van der Waals surface area contributed by atoms with Gasteiger partial charge in [0, 0.05) is 19.3 Å². The van der Waals surface area contributed by atoms with E-state index < -0.39 is 0 Å². The Bertz CT molecular complexity index is 284. The highest BCUT2D eigenvalue weighted by Crippen LogP contribution is 2.25. The molecule has 0 aromatic carbocycles. The zero-order chi connectivity index (χ0) is 9.97. The smallest absolute Gasteiger partial charge is 0.0728 e. The molecular formula is C11H19N3. The zero-order valence-electron chi connectivity index (χ0n) is 9.03. The number of hydrogen-bond donors (Lipinski definition) is 1. The Morgan fingerprint density at radius 2 is 2.07 bits per heavy atom. The Labute approximate surface area is 85.5 Å². The molecule has 1 aromatic rings. The molecule has 3 nitrogen and oxygen atoms in total. The molecule has 0 spiro atoms. The monoisotopic (exact) mass is 193 g/mol. The summed E-state index contributed by atoms with van der Waals surface area (Å²) in [6.45, 7) is 2.35. The molecule has 78 valence electrons. The van der Waals surface area contributed by atoms with Crippen LogP contribution in [-0.2, 0) is 7.05 Å². The maximum atomic E-state index is 4.15. The molecular weight excluding hydrogens is 174 g/mol. The van der Waals surface area contributed by atoms with Gasteiger partial charge in [-0.3, -0.25) is 4.68 Å². The van der Waals surface area contributed by atoms with Crippen molar-refractivity contribution < 1.29 is 0 Å². The average molecular weight is 193 g/mol. The van der Waals surface area contributed by atoms with E-state index in [0.717, 1.165) is 11.6 Å². The fourth-order valence-electron chi connectivity index (χ4n) is 2.14. The van der Waals surface area contributed by atoms with Crippen molar-refractivity contribution in [3.05, 3.63) is 12.4 Å². The second-order valence-corrected chi connectivity index (χ2v) is 4.50. The Morgan fingerprint density at radius 3 is 2.64 bits per heavy atom. The first kappa shape index (κ1) is 9.56. The van der Waals surface area contributed by atoms with E-state index in [-0.39, 0.29) is 0 Å². The summed E-state index contributed by atoms with van der Waals surface area (Å²) in [6, 6.07) is 0.662. The highest BCUT2D eigenvalue weighted by molar-refractivity contribution is 5.39. The third-order valence-electron chi connectivity index (χ3n) is 3.09. The van der Waals surface area contributed by atoms with Gasteiger partial charge in [0.05, 0.1) is 11.9 Å². The van der Waals surface area contributed by atoms with Crippen LogP contribution in [0.15, 0.2) is 12.4 Å². The maximum absolute atomic E-state index is 4.15. The molecule has 1 aromatic heterocycles. The van der Waals surface area contributed by atoms with Crippen LogP contribution in [0.25, 0.3) is 0 Å². The molecule has 0 radical (unpaired) electrons. The second-order valence-electron chi connectivity index (χ2n) is 4.50. The van der Waals surface area contributed by atoms with Crippen molar-refractivity contribution in [3.63, 3.8) is 0 Å². The van der Waals surface area contributed by atoms with Crippen molar-refractivity contribution in [1.82, 2.24) is 9.78 Å². The van der Waals surface area contributed by atoms with Crippen LogP contribution in [0.2, 0.25) is 0 Å². The predicted molar refractivity (Wildman–Crippen MR) is 58.3 cm³/mol. The van der Waals surface area contributed by atoms with Crippen molar-refractivity contribution in [2.24, 2.45) is 13.0 Å². The van der Waals surface area contributed by atoms with Crippen molar-refractivity contribution in [3.8, 4) is 0 Å². The van der Waals surface area contributed by atoms with Crippen LogP contribution in [0.3, 0.4) is 0 Å². The summed E-state index contributed by atoms with van der Waals surface area (Å²) in [7, 11) is 1.95. The number of aryl methyl sites for hydroxylation is 1. The SMILES string of the molecule is CC1CCC(Nc2cnn(C)c2)CC1. The van der Waals surface area contributed by atoms with Crippen molar-refractivity contribution in [2.75, 3.05) is 5.32 Å². The molecule has 1 heterocycles. The van der Waals surface area contributed by atoms with Gasteiger partial charge in [0.1, 0.15) is 0 Å². The summed E-state index contributed by atoms with van der Waals surface area (Å²) in [5.74, 6) is 0.918. The molecule has 14 heavy (non-hydrogen) atoms. The van der Waals surface area contributed by atoms with Crippen molar-refractivity contribution in [2.45, 2.75) is 38.6 Å². The molecule has 0 aliphatic heterocycles. The normalized spacial score (nSPS) is 27.6. The molecule has 0 saturated heterocycles. The van der Waals surface area contributed by atoms with Gasteiger partial charge in [-0.2, -0.15) is 5.10 Å². The second kappa shape index (κ2) is 4.03.